The third-order valence-corrected chi connectivity index (χ3v) is 5.93. The molecule has 0 aromatic rings. The van der Waals surface area contributed by atoms with Crippen LogP contribution in [-0.2, 0) is 19.2 Å². The van der Waals surface area contributed by atoms with E-state index < -0.39 is 47.9 Å². The Kier molecular flexibility index (Phi) is 13.1. The number of rotatable bonds is 14. The van der Waals surface area contributed by atoms with Crippen molar-refractivity contribution in [2.24, 2.45) is 29.4 Å². The second kappa shape index (κ2) is 14.1. The molecule has 0 fully saturated rings. The van der Waals surface area contributed by atoms with Crippen LogP contribution in [0.4, 0.5) is 0 Å². The summed E-state index contributed by atoms with van der Waals surface area (Å²) in [5.74, 6) is -3.02. The highest BCUT2D eigenvalue weighted by Crippen LogP contribution is 2.14. The highest BCUT2D eigenvalue weighted by molar-refractivity contribution is 5.94. The predicted molar refractivity (Wildman–Crippen MR) is 125 cm³/mol. The number of amides is 3. The van der Waals surface area contributed by atoms with E-state index in [4.69, 9.17) is 5.73 Å². The van der Waals surface area contributed by atoms with Crippen molar-refractivity contribution >= 4 is 23.7 Å². The van der Waals surface area contributed by atoms with Gasteiger partial charge in [0.15, 0.2) is 0 Å². The minimum atomic E-state index is -1.12. The van der Waals surface area contributed by atoms with Crippen molar-refractivity contribution in [3.63, 3.8) is 0 Å². The van der Waals surface area contributed by atoms with Crippen LogP contribution >= 0.6 is 0 Å². The van der Waals surface area contributed by atoms with Gasteiger partial charge in [0.05, 0.1) is 6.04 Å². The largest absolute Gasteiger partial charge is 0.480 e. The summed E-state index contributed by atoms with van der Waals surface area (Å²) in [5.41, 5.74) is 5.93. The Bertz CT molecular complexity index is 638. The van der Waals surface area contributed by atoms with Crippen molar-refractivity contribution in [2.75, 3.05) is 0 Å². The normalized spacial score (nSPS) is 17.1. The van der Waals surface area contributed by atoms with E-state index in [1.807, 2.05) is 55.4 Å². The predicted octanol–water partition coefficient (Wildman–Crippen LogP) is 1.65. The van der Waals surface area contributed by atoms with Crippen molar-refractivity contribution < 1.29 is 24.3 Å². The fourth-order valence-corrected chi connectivity index (χ4v) is 3.15. The minimum absolute atomic E-state index is 0.0724. The number of nitrogens with two attached hydrogens (primary N) is 1. The average Bonchev–Trinajstić information content (AvgIpc) is 2.72. The molecule has 0 aromatic heterocycles. The molecule has 0 aliphatic rings. The Hall–Kier alpha value is -2.16. The zero-order chi connectivity index (χ0) is 25.2. The SMILES string of the molecule is CCC(C)C(NC(=O)C(N)C(C)C)C(=O)NC(C(=O)NC(CC(C)C)C(=O)O)C(C)CC. The van der Waals surface area contributed by atoms with Crippen LogP contribution in [0.5, 0.6) is 0 Å². The fourth-order valence-electron chi connectivity index (χ4n) is 3.15. The van der Waals surface area contributed by atoms with E-state index in [-0.39, 0.29) is 30.1 Å². The van der Waals surface area contributed by atoms with Gasteiger partial charge in [-0.2, -0.15) is 0 Å². The molecule has 0 rings (SSSR count). The molecule has 0 spiro atoms. The van der Waals surface area contributed by atoms with E-state index in [2.05, 4.69) is 16.0 Å². The summed E-state index contributed by atoms with van der Waals surface area (Å²) in [6, 6.07) is -3.58. The molecule has 0 aromatic carbocycles. The van der Waals surface area contributed by atoms with E-state index in [0.29, 0.717) is 12.8 Å². The molecular weight excluding hydrogens is 412 g/mol. The van der Waals surface area contributed by atoms with Gasteiger partial charge in [-0.3, -0.25) is 14.4 Å². The molecule has 0 bridgehead atoms. The lowest BCUT2D eigenvalue weighted by molar-refractivity contribution is -0.143. The highest BCUT2D eigenvalue weighted by Gasteiger charge is 2.34. The van der Waals surface area contributed by atoms with E-state index in [1.54, 1.807) is 0 Å². The average molecular weight is 457 g/mol. The van der Waals surface area contributed by atoms with Crippen molar-refractivity contribution in [1.29, 1.82) is 0 Å². The number of carbonyl (C=O) groups is 4. The van der Waals surface area contributed by atoms with Gasteiger partial charge in [-0.05, 0) is 30.1 Å². The molecule has 3 amide bonds. The lowest BCUT2D eigenvalue weighted by Crippen LogP contribution is -2.60. The fraction of sp³-hybridized carbons (Fsp3) is 0.826. The van der Waals surface area contributed by atoms with Crippen molar-refractivity contribution in [3.05, 3.63) is 0 Å². The van der Waals surface area contributed by atoms with Gasteiger partial charge in [-0.1, -0.05) is 68.2 Å². The molecule has 0 radical (unpaired) electrons. The molecule has 32 heavy (non-hydrogen) atoms. The summed E-state index contributed by atoms with van der Waals surface area (Å²) in [6.45, 7) is 14.8. The maximum atomic E-state index is 13.1. The van der Waals surface area contributed by atoms with Gasteiger partial charge in [-0.25, -0.2) is 4.79 Å². The Morgan fingerprint density at radius 2 is 1.16 bits per heavy atom. The Morgan fingerprint density at radius 3 is 1.50 bits per heavy atom. The van der Waals surface area contributed by atoms with Crippen LogP contribution in [0.3, 0.4) is 0 Å². The third kappa shape index (κ3) is 9.54. The zero-order valence-electron chi connectivity index (χ0n) is 20.9. The molecule has 6 unspecified atom stereocenters. The molecule has 0 saturated carbocycles. The molecule has 0 heterocycles. The number of carboxylic acid groups (broad SMARTS) is 1. The van der Waals surface area contributed by atoms with Crippen LogP contribution in [0.1, 0.15) is 74.7 Å². The minimum Gasteiger partial charge on any atom is -0.480 e. The maximum Gasteiger partial charge on any atom is 0.326 e. The number of aliphatic carboxylic acids is 1. The molecule has 186 valence electrons. The van der Waals surface area contributed by atoms with Gasteiger partial charge in [-0.15, -0.1) is 0 Å². The number of hydrogen-bond acceptors (Lipinski definition) is 5. The number of carboxylic acids is 1. The standard InChI is InChI=1S/C23H44N4O5/c1-9-14(7)18(21(29)25-16(23(31)32)11-12(3)4)27-22(30)19(15(8)10-2)26-20(28)17(24)13(5)6/h12-19H,9-11,24H2,1-8H3,(H,25,29)(H,26,28)(H,27,30)(H,31,32). The summed E-state index contributed by atoms with van der Waals surface area (Å²) < 4.78 is 0. The Balaban J connectivity index is 5.63. The van der Waals surface area contributed by atoms with Crippen LogP contribution in [0.25, 0.3) is 0 Å². The smallest absolute Gasteiger partial charge is 0.326 e. The number of nitrogens with one attached hydrogen (secondary N) is 3. The summed E-state index contributed by atoms with van der Waals surface area (Å²) in [4.78, 5) is 50.2. The summed E-state index contributed by atoms with van der Waals surface area (Å²) in [6.07, 6.45) is 1.50. The zero-order valence-corrected chi connectivity index (χ0v) is 20.9. The molecule has 0 saturated heterocycles. The molecule has 6 atom stereocenters. The van der Waals surface area contributed by atoms with E-state index in [0.717, 1.165) is 0 Å². The third-order valence-electron chi connectivity index (χ3n) is 5.93. The molecular formula is C23H44N4O5. The van der Waals surface area contributed by atoms with E-state index in [1.165, 1.54) is 0 Å². The quantitative estimate of drug-likeness (QED) is 0.268. The highest BCUT2D eigenvalue weighted by atomic mass is 16.4. The molecule has 9 heteroatoms. The van der Waals surface area contributed by atoms with Crippen LogP contribution < -0.4 is 21.7 Å². The van der Waals surface area contributed by atoms with Gasteiger partial charge in [0.1, 0.15) is 18.1 Å². The van der Waals surface area contributed by atoms with Crippen molar-refractivity contribution in [1.82, 2.24) is 16.0 Å². The first-order chi connectivity index (χ1) is 14.8. The first-order valence-electron chi connectivity index (χ1n) is 11.7. The van der Waals surface area contributed by atoms with E-state index >= 15 is 0 Å². The maximum absolute atomic E-state index is 13.1. The van der Waals surface area contributed by atoms with E-state index in [9.17, 15) is 24.3 Å². The van der Waals surface area contributed by atoms with Gasteiger partial charge < -0.3 is 26.8 Å². The summed E-state index contributed by atoms with van der Waals surface area (Å²) in [7, 11) is 0. The van der Waals surface area contributed by atoms with Crippen LogP contribution in [0.15, 0.2) is 0 Å². The number of carbonyl (C=O) groups excluding carboxylic acids is 3. The van der Waals surface area contributed by atoms with Gasteiger partial charge in [0.2, 0.25) is 17.7 Å². The van der Waals surface area contributed by atoms with Crippen LogP contribution in [0, 0.1) is 23.7 Å². The summed E-state index contributed by atoms with van der Waals surface area (Å²) in [5, 5.41) is 17.5. The topological polar surface area (TPSA) is 151 Å². The first-order valence-corrected chi connectivity index (χ1v) is 11.7. The summed E-state index contributed by atoms with van der Waals surface area (Å²) >= 11 is 0. The Labute approximate surface area is 192 Å². The van der Waals surface area contributed by atoms with Crippen LogP contribution in [0.2, 0.25) is 0 Å². The van der Waals surface area contributed by atoms with Gasteiger partial charge >= 0.3 is 5.97 Å². The van der Waals surface area contributed by atoms with Gasteiger partial charge in [0, 0.05) is 0 Å². The van der Waals surface area contributed by atoms with Crippen LogP contribution in [-0.4, -0.2) is 53.0 Å². The molecule has 0 aliphatic carbocycles. The van der Waals surface area contributed by atoms with Gasteiger partial charge in [0.25, 0.3) is 0 Å². The molecule has 9 nitrogen and oxygen atoms in total. The number of hydrogen-bond donors (Lipinski definition) is 5. The Morgan fingerprint density at radius 1 is 0.750 bits per heavy atom. The first kappa shape index (κ1) is 29.8. The second-order valence-electron chi connectivity index (χ2n) is 9.54. The lowest BCUT2D eigenvalue weighted by atomic mass is 9.94. The molecule has 6 N–H and O–H groups in total. The van der Waals surface area contributed by atoms with Crippen molar-refractivity contribution in [3.8, 4) is 0 Å². The van der Waals surface area contributed by atoms with Crippen molar-refractivity contribution in [2.45, 2.75) is 98.8 Å². The molecule has 0 aliphatic heterocycles. The monoisotopic (exact) mass is 456 g/mol. The lowest BCUT2D eigenvalue weighted by Gasteiger charge is -2.30. The second-order valence-corrected chi connectivity index (χ2v) is 9.54.